The molecule has 0 spiro atoms. The number of allylic oxidation sites excluding steroid dienone is 2. The Morgan fingerprint density at radius 2 is 2.18 bits per heavy atom. The fraction of sp³-hybridized carbons (Fsp3) is 0.133. The van der Waals surface area contributed by atoms with Crippen LogP contribution in [0.2, 0.25) is 0 Å². The van der Waals surface area contributed by atoms with Gasteiger partial charge in [0.2, 0.25) is 6.79 Å². The van der Waals surface area contributed by atoms with Gasteiger partial charge in [0.25, 0.3) is 5.91 Å². The van der Waals surface area contributed by atoms with Gasteiger partial charge in [-0.25, -0.2) is 0 Å². The summed E-state index contributed by atoms with van der Waals surface area (Å²) in [5, 5.41) is 13.0. The first kappa shape index (κ1) is 15.9. The van der Waals surface area contributed by atoms with Crippen molar-refractivity contribution >= 4 is 17.5 Å². The van der Waals surface area contributed by atoms with E-state index < -0.39 is 5.91 Å². The van der Waals surface area contributed by atoms with Crippen LogP contribution in [0.4, 0.5) is 0 Å². The summed E-state index contributed by atoms with van der Waals surface area (Å²) in [7, 11) is 0. The Hall–Kier alpha value is -2.44. The molecule has 0 unspecified atom stereocenters. The molecule has 0 bridgehead atoms. The highest BCUT2D eigenvalue weighted by Gasteiger charge is 2.14. The number of carbonyl (C=O) groups is 1. The molecule has 2 rings (SSSR count). The van der Waals surface area contributed by atoms with Crippen molar-refractivity contribution in [2.45, 2.75) is 6.54 Å². The summed E-state index contributed by atoms with van der Waals surface area (Å²) in [5.41, 5.74) is 2.35. The maximum atomic E-state index is 12.1. The summed E-state index contributed by atoms with van der Waals surface area (Å²) < 4.78 is 10.5. The summed E-state index contributed by atoms with van der Waals surface area (Å²) >= 11 is 5.69. The van der Waals surface area contributed by atoms with Crippen LogP contribution in [0.15, 0.2) is 53.7 Å². The maximum Gasteiger partial charge on any atom is 0.254 e. The number of nitrogens with one attached hydrogen (secondary N) is 2. The van der Waals surface area contributed by atoms with Crippen LogP contribution in [-0.2, 0) is 11.3 Å². The van der Waals surface area contributed by atoms with Crippen molar-refractivity contribution in [1.29, 1.82) is 0 Å². The fourth-order valence-corrected chi connectivity index (χ4v) is 1.95. The lowest BCUT2D eigenvalue weighted by atomic mass is 10.2. The Morgan fingerprint density at radius 3 is 2.91 bits per heavy atom. The second-order valence-electron chi connectivity index (χ2n) is 4.29. The lowest BCUT2D eigenvalue weighted by Crippen LogP contribution is -2.25. The Bertz CT molecular complexity index is 640. The maximum absolute atomic E-state index is 12.1. The zero-order valence-electron chi connectivity index (χ0n) is 11.6. The van der Waals surface area contributed by atoms with E-state index >= 15 is 0 Å². The van der Waals surface area contributed by atoms with Gasteiger partial charge in [-0.1, -0.05) is 36.4 Å². The Balaban J connectivity index is 2.04. The van der Waals surface area contributed by atoms with Crippen molar-refractivity contribution in [2.24, 2.45) is 0 Å². The van der Waals surface area contributed by atoms with Gasteiger partial charge in [0, 0.05) is 6.54 Å². The molecule has 0 saturated heterocycles. The SMILES string of the molecule is C=CC=CC(C(=O)NCc1ccc2c(c1)OCO2)=C(Cl)N[O-]. The number of amides is 1. The van der Waals surface area contributed by atoms with Crippen molar-refractivity contribution in [3.8, 4) is 11.5 Å². The lowest BCUT2D eigenvalue weighted by Gasteiger charge is -2.12. The second-order valence-corrected chi connectivity index (χ2v) is 4.67. The molecule has 1 aliphatic heterocycles. The van der Waals surface area contributed by atoms with Crippen LogP contribution in [0.25, 0.3) is 0 Å². The highest BCUT2D eigenvalue weighted by atomic mass is 35.5. The molecule has 0 radical (unpaired) electrons. The van der Waals surface area contributed by atoms with Gasteiger partial charge in [0.05, 0.1) is 5.57 Å². The molecular weight excluding hydrogens is 308 g/mol. The molecule has 6 nitrogen and oxygen atoms in total. The average Bonchev–Trinajstić information content (AvgIpc) is 3.00. The van der Waals surface area contributed by atoms with E-state index in [-0.39, 0.29) is 24.1 Å². The predicted molar refractivity (Wildman–Crippen MR) is 83.1 cm³/mol. The molecule has 1 aromatic rings. The van der Waals surface area contributed by atoms with Crippen LogP contribution < -0.4 is 20.3 Å². The van der Waals surface area contributed by atoms with E-state index in [0.717, 1.165) is 5.56 Å². The van der Waals surface area contributed by atoms with Gasteiger partial charge in [-0.3, -0.25) is 4.79 Å². The number of rotatable bonds is 6. The number of fused-ring (bicyclic) bond motifs is 1. The number of hydrogen-bond acceptors (Lipinski definition) is 5. The number of halogens is 1. The molecule has 1 heterocycles. The summed E-state index contributed by atoms with van der Waals surface area (Å²) in [6.45, 7) is 3.94. The number of benzene rings is 1. The molecule has 0 fully saturated rings. The van der Waals surface area contributed by atoms with Crippen molar-refractivity contribution < 1.29 is 14.3 Å². The highest BCUT2D eigenvalue weighted by Crippen LogP contribution is 2.32. The van der Waals surface area contributed by atoms with Crippen LogP contribution in [-0.4, -0.2) is 12.7 Å². The monoisotopic (exact) mass is 321 g/mol. The number of ether oxygens (including phenoxy) is 2. The van der Waals surface area contributed by atoms with Crippen LogP contribution in [0.5, 0.6) is 11.5 Å². The van der Waals surface area contributed by atoms with Crippen molar-refractivity contribution in [3.63, 3.8) is 0 Å². The molecule has 2 N–H and O–H groups in total. The fourth-order valence-electron chi connectivity index (χ4n) is 1.80. The molecule has 1 aromatic carbocycles. The Kier molecular flexibility index (Phi) is 5.46. The number of carbonyl (C=O) groups excluding carboxylic acids is 1. The van der Waals surface area contributed by atoms with E-state index in [1.54, 1.807) is 12.1 Å². The van der Waals surface area contributed by atoms with E-state index in [4.69, 9.17) is 21.1 Å². The molecule has 22 heavy (non-hydrogen) atoms. The standard InChI is InChI=1S/C15H14ClN2O4/c1-2-3-4-11(14(16)18-20)15(19)17-8-10-5-6-12-13(7-10)22-9-21-12/h2-7,18H,1,8-9H2,(H,17,19)/q-1. The van der Waals surface area contributed by atoms with E-state index in [0.29, 0.717) is 11.5 Å². The number of hydroxylamine groups is 1. The molecule has 116 valence electrons. The normalized spacial score (nSPS) is 13.7. The van der Waals surface area contributed by atoms with Gasteiger partial charge in [0.1, 0.15) is 5.16 Å². The molecule has 1 amide bonds. The molecule has 1 aliphatic rings. The predicted octanol–water partition coefficient (Wildman–Crippen LogP) is 2.31. The van der Waals surface area contributed by atoms with E-state index in [1.807, 2.05) is 6.07 Å². The smallest absolute Gasteiger partial charge is 0.254 e. The van der Waals surface area contributed by atoms with Crippen molar-refractivity contribution in [2.75, 3.05) is 6.79 Å². The van der Waals surface area contributed by atoms with Gasteiger partial charge < -0.3 is 25.5 Å². The first-order valence-corrected chi connectivity index (χ1v) is 6.77. The number of hydrogen-bond donors (Lipinski definition) is 2. The Morgan fingerprint density at radius 1 is 1.41 bits per heavy atom. The molecule has 0 atom stereocenters. The third kappa shape index (κ3) is 3.81. The molecule has 0 saturated carbocycles. The molecule has 0 aliphatic carbocycles. The summed E-state index contributed by atoms with van der Waals surface area (Å²) in [5.74, 6) is 0.820. The Labute approximate surface area is 132 Å². The molecule has 0 aromatic heterocycles. The van der Waals surface area contributed by atoms with Crippen molar-refractivity contribution in [1.82, 2.24) is 10.8 Å². The van der Waals surface area contributed by atoms with Gasteiger partial charge in [-0.2, -0.15) is 0 Å². The van der Waals surface area contributed by atoms with E-state index in [1.165, 1.54) is 23.7 Å². The minimum absolute atomic E-state index is 0.0253. The third-order valence-electron chi connectivity index (χ3n) is 2.86. The molecule has 7 heteroatoms. The van der Waals surface area contributed by atoms with Crippen LogP contribution in [0.3, 0.4) is 0 Å². The summed E-state index contributed by atoms with van der Waals surface area (Å²) in [6.07, 6.45) is 4.38. The van der Waals surface area contributed by atoms with Gasteiger partial charge in [0.15, 0.2) is 11.5 Å². The first-order valence-electron chi connectivity index (χ1n) is 6.39. The largest absolute Gasteiger partial charge is 0.760 e. The quantitative estimate of drug-likeness (QED) is 0.363. The van der Waals surface area contributed by atoms with Crippen LogP contribution in [0, 0.1) is 5.21 Å². The summed E-state index contributed by atoms with van der Waals surface area (Å²) in [4.78, 5) is 12.1. The van der Waals surface area contributed by atoms with E-state index in [9.17, 15) is 10.0 Å². The van der Waals surface area contributed by atoms with Crippen molar-refractivity contribution in [3.05, 3.63) is 64.5 Å². The minimum Gasteiger partial charge on any atom is -0.760 e. The zero-order chi connectivity index (χ0) is 15.9. The lowest BCUT2D eigenvalue weighted by molar-refractivity contribution is -0.117. The molecular formula is C15H14ClN2O4-. The van der Waals surface area contributed by atoms with Crippen LogP contribution in [0.1, 0.15) is 5.56 Å². The minimum atomic E-state index is -0.482. The summed E-state index contributed by atoms with van der Waals surface area (Å²) in [6, 6.07) is 5.35. The first-order chi connectivity index (χ1) is 10.7. The second kappa shape index (κ2) is 7.53. The van der Waals surface area contributed by atoms with Gasteiger partial charge in [-0.15, -0.1) is 0 Å². The van der Waals surface area contributed by atoms with Crippen LogP contribution >= 0.6 is 11.6 Å². The van der Waals surface area contributed by atoms with Gasteiger partial charge in [-0.05, 0) is 23.8 Å². The highest BCUT2D eigenvalue weighted by molar-refractivity contribution is 6.31. The van der Waals surface area contributed by atoms with Gasteiger partial charge >= 0.3 is 0 Å². The average molecular weight is 322 g/mol. The third-order valence-corrected chi connectivity index (χ3v) is 3.14. The van der Waals surface area contributed by atoms with E-state index in [2.05, 4.69) is 11.9 Å². The topological polar surface area (TPSA) is 82.7 Å². The zero-order valence-corrected chi connectivity index (χ0v) is 12.4.